The summed E-state index contributed by atoms with van der Waals surface area (Å²) in [5, 5.41) is 0. The fraction of sp³-hybridized carbons (Fsp3) is 0.818. The topological polar surface area (TPSA) is 46.3 Å². The summed E-state index contributed by atoms with van der Waals surface area (Å²) in [7, 11) is 1.81. The number of nitrogens with zero attached hydrogens (tertiary/aromatic N) is 1. The highest BCUT2D eigenvalue weighted by Crippen LogP contribution is 2.29. The summed E-state index contributed by atoms with van der Waals surface area (Å²) in [5.74, 6) is 0.0573. The first-order valence-corrected chi connectivity index (χ1v) is 5.92. The van der Waals surface area contributed by atoms with Crippen LogP contribution in [0.1, 0.15) is 40.0 Å². The molecule has 0 aliphatic rings. The minimum Gasteiger partial charge on any atom is -0.392 e. The van der Waals surface area contributed by atoms with E-state index >= 15 is 0 Å². The molecule has 0 saturated carbocycles. The van der Waals surface area contributed by atoms with Crippen LogP contribution in [-0.4, -0.2) is 29.4 Å². The largest absolute Gasteiger partial charge is 0.392 e. The molecule has 15 heavy (non-hydrogen) atoms. The highest BCUT2D eigenvalue weighted by Gasteiger charge is 2.39. The summed E-state index contributed by atoms with van der Waals surface area (Å²) < 4.78 is 0. The number of hydrogen-bond acceptors (Lipinski definition) is 2. The second-order valence-electron chi connectivity index (χ2n) is 3.88. The number of carbonyl (C=O) groups is 1. The standard InChI is InChI=1S/C11H22N2OS/c1-5-8-13(4)10(14)11(6-2,7-3)9(12)15/h5-8H2,1-4H3,(H2,12,15). The predicted molar refractivity (Wildman–Crippen MR) is 67.7 cm³/mol. The molecule has 0 aromatic rings. The van der Waals surface area contributed by atoms with Crippen LogP contribution in [0.2, 0.25) is 0 Å². The van der Waals surface area contributed by atoms with E-state index in [0.29, 0.717) is 17.8 Å². The second-order valence-corrected chi connectivity index (χ2v) is 4.32. The van der Waals surface area contributed by atoms with E-state index in [1.807, 2.05) is 27.8 Å². The van der Waals surface area contributed by atoms with E-state index in [1.54, 1.807) is 4.90 Å². The Bertz CT molecular complexity index is 237. The summed E-state index contributed by atoms with van der Waals surface area (Å²) in [6.45, 7) is 6.72. The van der Waals surface area contributed by atoms with Gasteiger partial charge >= 0.3 is 0 Å². The van der Waals surface area contributed by atoms with Crippen molar-refractivity contribution in [2.45, 2.75) is 40.0 Å². The fourth-order valence-corrected chi connectivity index (χ4v) is 2.18. The van der Waals surface area contributed by atoms with Crippen molar-refractivity contribution in [2.24, 2.45) is 11.1 Å². The highest BCUT2D eigenvalue weighted by molar-refractivity contribution is 7.80. The van der Waals surface area contributed by atoms with Gasteiger partial charge in [-0.05, 0) is 19.3 Å². The van der Waals surface area contributed by atoms with Gasteiger partial charge in [0.2, 0.25) is 5.91 Å². The van der Waals surface area contributed by atoms with Crippen molar-refractivity contribution in [3.05, 3.63) is 0 Å². The van der Waals surface area contributed by atoms with Gasteiger partial charge in [-0.2, -0.15) is 0 Å². The van der Waals surface area contributed by atoms with Gasteiger partial charge < -0.3 is 10.6 Å². The zero-order chi connectivity index (χ0) is 12.1. The zero-order valence-electron chi connectivity index (χ0n) is 10.2. The number of hydrogen-bond donors (Lipinski definition) is 1. The van der Waals surface area contributed by atoms with E-state index in [0.717, 1.165) is 13.0 Å². The molecule has 88 valence electrons. The number of amides is 1. The van der Waals surface area contributed by atoms with Crippen molar-refractivity contribution in [3.63, 3.8) is 0 Å². The molecule has 0 aromatic carbocycles. The smallest absolute Gasteiger partial charge is 0.235 e. The van der Waals surface area contributed by atoms with Gasteiger partial charge in [-0.25, -0.2) is 0 Å². The van der Waals surface area contributed by atoms with Gasteiger partial charge in [-0.1, -0.05) is 33.0 Å². The lowest BCUT2D eigenvalue weighted by molar-refractivity contribution is -0.137. The first-order chi connectivity index (χ1) is 6.96. The summed E-state index contributed by atoms with van der Waals surface area (Å²) >= 11 is 5.04. The van der Waals surface area contributed by atoms with Crippen molar-refractivity contribution in [1.29, 1.82) is 0 Å². The lowest BCUT2D eigenvalue weighted by Gasteiger charge is -2.33. The second kappa shape index (κ2) is 6.05. The Kier molecular flexibility index (Phi) is 5.80. The van der Waals surface area contributed by atoms with Crippen molar-refractivity contribution in [1.82, 2.24) is 4.90 Å². The maximum absolute atomic E-state index is 12.2. The highest BCUT2D eigenvalue weighted by atomic mass is 32.1. The number of nitrogens with two attached hydrogens (primary N) is 1. The molecule has 0 saturated heterocycles. The average molecular weight is 230 g/mol. The molecule has 0 atom stereocenters. The molecule has 3 nitrogen and oxygen atoms in total. The Morgan fingerprint density at radius 2 is 1.80 bits per heavy atom. The Hall–Kier alpha value is -0.640. The Labute approximate surface area is 98.0 Å². The zero-order valence-corrected chi connectivity index (χ0v) is 11.0. The lowest BCUT2D eigenvalue weighted by atomic mass is 9.81. The van der Waals surface area contributed by atoms with Crippen LogP contribution in [0.5, 0.6) is 0 Å². The van der Waals surface area contributed by atoms with Crippen LogP contribution in [0.25, 0.3) is 0 Å². The molecule has 0 heterocycles. The van der Waals surface area contributed by atoms with E-state index < -0.39 is 5.41 Å². The maximum Gasteiger partial charge on any atom is 0.235 e. The predicted octanol–water partition coefficient (Wildman–Crippen LogP) is 1.95. The van der Waals surface area contributed by atoms with Crippen molar-refractivity contribution >= 4 is 23.1 Å². The minimum absolute atomic E-state index is 0.0573. The van der Waals surface area contributed by atoms with E-state index in [4.69, 9.17) is 18.0 Å². The van der Waals surface area contributed by atoms with Gasteiger partial charge in [0.25, 0.3) is 0 Å². The number of carbonyl (C=O) groups excluding carboxylic acids is 1. The maximum atomic E-state index is 12.2. The normalized spacial score (nSPS) is 11.2. The molecular weight excluding hydrogens is 208 g/mol. The number of rotatable bonds is 6. The Balaban J connectivity index is 4.92. The van der Waals surface area contributed by atoms with Gasteiger partial charge in [-0.15, -0.1) is 0 Å². The first-order valence-electron chi connectivity index (χ1n) is 5.51. The third-order valence-electron chi connectivity index (χ3n) is 2.99. The molecule has 0 aliphatic carbocycles. The molecule has 0 rings (SSSR count). The molecule has 0 spiro atoms. The van der Waals surface area contributed by atoms with Crippen molar-refractivity contribution in [3.8, 4) is 0 Å². The quantitative estimate of drug-likeness (QED) is 0.709. The van der Waals surface area contributed by atoms with E-state index in [-0.39, 0.29) is 5.91 Å². The van der Waals surface area contributed by atoms with Crippen LogP contribution in [0.15, 0.2) is 0 Å². The summed E-state index contributed by atoms with van der Waals surface area (Å²) in [5.41, 5.74) is 5.07. The molecule has 0 bridgehead atoms. The molecule has 4 heteroatoms. The van der Waals surface area contributed by atoms with E-state index in [1.165, 1.54) is 0 Å². The average Bonchev–Trinajstić information content (AvgIpc) is 2.20. The van der Waals surface area contributed by atoms with Gasteiger partial charge in [0.15, 0.2) is 0 Å². The van der Waals surface area contributed by atoms with Gasteiger partial charge in [-0.3, -0.25) is 4.79 Å². The molecular formula is C11H22N2OS. The monoisotopic (exact) mass is 230 g/mol. The van der Waals surface area contributed by atoms with Gasteiger partial charge in [0, 0.05) is 13.6 Å². The van der Waals surface area contributed by atoms with Crippen LogP contribution < -0.4 is 5.73 Å². The van der Waals surface area contributed by atoms with Gasteiger partial charge in [0.1, 0.15) is 0 Å². The first kappa shape index (κ1) is 14.4. The minimum atomic E-state index is -0.640. The van der Waals surface area contributed by atoms with Gasteiger partial charge in [0.05, 0.1) is 10.4 Å². The number of thiocarbonyl (C=S) groups is 1. The van der Waals surface area contributed by atoms with Crippen LogP contribution in [0, 0.1) is 5.41 Å². The molecule has 0 unspecified atom stereocenters. The molecule has 1 amide bonds. The summed E-state index contributed by atoms with van der Waals surface area (Å²) in [6, 6.07) is 0. The van der Waals surface area contributed by atoms with E-state index in [9.17, 15) is 4.79 Å². The van der Waals surface area contributed by atoms with Crippen molar-refractivity contribution < 1.29 is 4.79 Å². The van der Waals surface area contributed by atoms with Crippen LogP contribution in [0.3, 0.4) is 0 Å². The lowest BCUT2D eigenvalue weighted by Crippen LogP contribution is -2.49. The SMILES string of the molecule is CCCN(C)C(=O)C(CC)(CC)C(N)=S. The fourth-order valence-electron chi connectivity index (χ4n) is 1.81. The van der Waals surface area contributed by atoms with Crippen LogP contribution in [-0.2, 0) is 4.79 Å². The van der Waals surface area contributed by atoms with Crippen LogP contribution >= 0.6 is 12.2 Å². The Morgan fingerprint density at radius 1 is 1.33 bits per heavy atom. The molecule has 0 aliphatic heterocycles. The molecule has 2 N–H and O–H groups in total. The van der Waals surface area contributed by atoms with E-state index in [2.05, 4.69) is 0 Å². The summed E-state index contributed by atoms with van der Waals surface area (Å²) in [4.78, 5) is 14.3. The van der Waals surface area contributed by atoms with Crippen molar-refractivity contribution in [2.75, 3.05) is 13.6 Å². The molecule has 0 aromatic heterocycles. The third-order valence-corrected chi connectivity index (χ3v) is 3.38. The van der Waals surface area contributed by atoms with Crippen LogP contribution in [0.4, 0.5) is 0 Å². The molecule has 0 radical (unpaired) electrons. The Morgan fingerprint density at radius 3 is 2.07 bits per heavy atom. The third kappa shape index (κ3) is 2.91. The molecule has 0 fully saturated rings. The summed E-state index contributed by atoms with van der Waals surface area (Å²) in [6.07, 6.45) is 2.29.